The number of hydrogen-bond acceptors (Lipinski definition) is 5. The summed E-state index contributed by atoms with van der Waals surface area (Å²) in [5.74, 6) is 0.524. The van der Waals surface area contributed by atoms with E-state index in [-0.39, 0.29) is 5.56 Å². The maximum Gasteiger partial charge on any atom is 0.256 e. The van der Waals surface area contributed by atoms with Gasteiger partial charge in [-0.25, -0.2) is 4.98 Å². The van der Waals surface area contributed by atoms with E-state index in [9.17, 15) is 4.79 Å². The van der Waals surface area contributed by atoms with E-state index in [1.165, 1.54) is 0 Å². The molecule has 134 valence electrons. The molecule has 1 saturated heterocycles. The number of nitrogens with zero attached hydrogens (tertiary/aromatic N) is 2. The first-order valence-electron chi connectivity index (χ1n) is 8.50. The summed E-state index contributed by atoms with van der Waals surface area (Å²) < 4.78 is 5.34. The molecule has 1 aliphatic rings. The third-order valence-corrected chi connectivity index (χ3v) is 4.59. The Morgan fingerprint density at radius 3 is 2.68 bits per heavy atom. The van der Waals surface area contributed by atoms with E-state index in [0.29, 0.717) is 23.0 Å². The van der Waals surface area contributed by atoms with Gasteiger partial charge in [-0.05, 0) is 24.6 Å². The summed E-state index contributed by atoms with van der Waals surface area (Å²) in [5, 5.41) is 3.89. The minimum absolute atomic E-state index is 0.101. The molecule has 0 aliphatic carbocycles. The minimum atomic E-state index is -0.101. The molecule has 0 spiro atoms. The predicted octanol–water partition coefficient (Wildman–Crippen LogP) is 2.07. The molecule has 7 heteroatoms. The monoisotopic (exact) mass is 362 g/mol. The van der Waals surface area contributed by atoms with Crippen molar-refractivity contribution < 1.29 is 4.74 Å². The Morgan fingerprint density at radius 1 is 1.28 bits per heavy atom. The van der Waals surface area contributed by atoms with Crippen molar-refractivity contribution in [3.8, 4) is 0 Å². The lowest BCUT2D eigenvalue weighted by Gasteiger charge is -2.26. The lowest BCUT2D eigenvalue weighted by atomic mass is 10.1. The average molecular weight is 363 g/mol. The zero-order chi connectivity index (χ0) is 17.6. The summed E-state index contributed by atoms with van der Waals surface area (Å²) >= 11 is 5.90. The van der Waals surface area contributed by atoms with Gasteiger partial charge in [0, 0.05) is 43.2 Å². The van der Waals surface area contributed by atoms with E-state index in [4.69, 9.17) is 16.3 Å². The van der Waals surface area contributed by atoms with E-state index >= 15 is 0 Å². The summed E-state index contributed by atoms with van der Waals surface area (Å²) in [6.07, 6.45) is 0.541. The molecule has 2 aromatic rings. The first kappa shape index (κ1) is 17.9. The van der Waals surface area contributed by atoms with E-state index in [1.807, 2.05) is 31.2 Å². The number of halogens is 1. The third kappa shape index (κ3) is 5.04. The fraction of sp³-hybridized carbons (Fsp3) is 0.444. The smallest absolute Gasteiger partial charge is 0.256 e. The zero-order valence-electron chi connectivity index (χ0n) is 14.3. The van der Waals surface area contributed by atoms with Gasteiger partial charge < -0.3 is 10.1 Å². The molecule has 2 N–H and O–H groups in total. The first-order chi connectivity index (χ1) is 12.1. The van der Waals surface area contributed by atoms with Gasteiger partial charge in [0.05, 0.1) is 18.9 Å². The number of morpholine rings is 1. The normalized spacial score (nSPS) is 15.3. The SMILES string of the molecule is Cc1nc(NCCN2CCOCC2)[nH]c(=O)c1Cc1ccc(Cl)cc1. The van der Waals surface area contributed by atoms with E-state index in [2.05, 4.69) is 20.2 Å². The van der Waals surface area contributed by atoms with Crippen LogP contribution in [0.5, 0.6) is 0 Å². The number of nitrogens with one attached hydrogen (secondary N) is 2. The molecule has 25 heavy (non-hydrogen) atoms. The first-order valence-corrected chi connectivity index (χ1v) is 8.88. The Labute approximate surface area is 152 Å². The molecular formula is C18H23ClN4O2. The number of anilines is 1. The van der Waals surface area contributed by atoms with Gasteiger partial charge in [0.2, 0.25) is 5.95 Å². The van der Waals surface area contributed by atoms with Crippen LogP contribution in [-0.2, 0) is 11.2 Å². The molecule has 0 atom stereocenters. The summed E-state index contributed by atoms with van der Waals surface area (Å²) in [6, 6.07) is 7.51. The van der Waals surface area contributed by atoms with Crippen molar-refractivity contribution >= 4 is 17.5 Å². The maximum atomic E-state index is 12.4. The van der Waals surface area contributed by atoms with Crippen molar-refractivity contribution in [1.29, 1.82) is 0 Å². The fourth-order valence-electron chi connectivity index (χ4n) is 2.87. The largest absolute Gasteiger partial charge is 0.379 e. The van der Waals surface area contributed by atoms with Crippen LogP contribution in [0.4, 0.5) is 5.95 Å². The molecule has 0 saturated carbocycles. The van der Waals surface area contributed by atoms with Crippen molar-refractivity contribution in [3.05, 3.63) is 56.5 Å². The molecule has 6 nitrogen and oxygen atoms in total. The zero-order valence-corrected chi connectivity index (χ0v) is 15.1. The van der Waals surface area contributed by atoms with Gasteiger partial charge in [-0.15, -0.1) is 0 Å². The van der Waals surface area contributed by atoms with Gasteiger partial charge in [0.1, 0.15) is 0 Å². The summed E-state index contributed by atoms with van der Waals surface area (Å²) in [7, 11) is 0. The molecule has 1 fully saturated rings. The number of aromatic nitrogens is 2. The Hall–Kier alpha value is -1.89. The quantitative estimate of drug-likeness (QED) is 0.823. The standard InChI is InChI=1S/C18H23ClN4O2/c1-13-16(12-14-2-4-15(19)5-3-14)17(24)22-18(21-13)20-6-7-23-8-10-25-11-9-23/h2-5H,6-12H2,1H3,(H2,20,21,22,24). The number of rotatable bonds is 6. The van der Waals surface area contributed by atoms with Gasteiger partial charge in [0.25, 0.3) is 5.56 Å². The van der Waals surface area contributed by atoms with Crippen LogP contribution >= 0.6 is 11.6 Å². The molecular weight excluding hydrogens is 340 g/mol. The van der Waals surface area contributed by atoms with Crippen LogP contribution in [0.15, 0.2) is 29.1 Å². The van der Waals surface area contributed by atoms with Crippen LogP contribution in [0, 0.1) is 6.92 Å². The molecule has 0 unspecified atom stereocenters. The summed E-state index contributed by atoms with van der Waals surface area (Å²) in [6.45, 7) is 6.97. The van der Waals surface area contributed by atoms with Gasteiger partial charge in [-0.3, -0.25) is 14.7 Å². The average Bonchev–Trinajstić information content (AvgIpc) is 2.61. The second-order valence-corrected chi connectivity index (χ2v) is 6.60. The highest BCUT2D eigenvalue weighted by Gasteiger charge is 2.11. The van der Waals surface area contributed by atoms with Crippen molar-refractivity contribution in [2.45, 2.75) is 13.3 Å². The molecule has 1 aromatic carbocycles. The lowest BCUT2D eigenvalue weighted by molar-refractivity contribution is 0.0398. The maximum absolute atomic E-state index is 12.4. The highest BCUT2D eigenvalue weighted by Crippen LogP contribution is 2.13. The third-order valence-electron chi connectivity index (χ3n) is 4.34. The molecule has 3 rings (SSSR count). The Balaban J connectivity index is 1.61. The number of aryl methyl sites for hydroxylation is 1. The molecule has 0 radical (unpaired) electrons. The van der Waals surface area contributed by atoms with Crippen LogP contribution in [0.25, 0.3) is 0 Å². The van der Waals surface area contributed by atoms with Crippen molar-refractivity contribution in [2.24, 2.45) is 0 Å². The highest BCUT2D eigenvalue weighted by molar-refractivity contribution is 6.30. The Morgan fingerprint density at radius 2 is 2.00 bits per heavy atom. The topological polar surface area (TPSA) is 70.2 Å². The molecule has 2 heterocycles. The number of hydrogen-bond donors (Lipinski definition) is 2. The summed E-state index contributed by atoms with van der Waals surface area (Å²) in [5.41, 5.74) is 2.36. The molecule has 1 aliphatic heterocycles. The van der Waals surface area contributed by atoms with E-state index in [1.54, 1.807) is 0 Å². The number of benzene rings is 1. The van der Waals surface area contributed by atoms with Crippen LogP contribution in [0.2, 0.25) is 5.02 Å². The van der Waals surface area contributed by atoms with E-state index < -0.39 is 0 Å². The number of H-pyrrole nitrogens is 1. The summed E-state index contributed by atoms with van der Waals surface area (Å²) in [4.78, 5) is 22.1. The van der Waals surface area contributed by atoms with Crippen LogP contribution in [-0.4, -0.2) is 54.3 Å². The second kappa shape index (κ2) is 8.47. The van der Waals surface area contributed by atoms with Crippen molar-refractivity contribution in [2.75, 3.05) is 44.7 Å². The van der Waals surface area contributed by atoms with Crippen LogP contribution < -0.4 is 10.9 Å². The Bertz CT molecular complexity index is 755. The highest BCUT2D eigenvalue weighted by atomic mass is 35.5. The molecule has 0 amide bonds. The predicted molar refractivity (Wildman–Crippen MR) is 99.6 cm³/mol. The van der Waals surface area contributed by atoms with Crippen LogP contribution in [0.3, 0.4) is 0 Å². The van der Waals surface area contributed by atoms with Gasteiger partial charge in [-0.2, -0.15) is 0 Å². The Kier molecular flexibility index (Phi) is 6.07. The second-order valence-electron chi connectivity index (χ2n) is 6.16. The van der Waals surface area contributed by atoms with Gasteiger partial charge in [-0.1, -0.05) is 23.7 Å². The fourth-order valence-corrected chi connectivity index (χ4v) is 2.99. The molecule has 0 bridgehead atoms. The van der Waals surface area contributed by atoms with Crippen molar-refractivity contribution in [3.63, 3.8) is 0 Å². The van der Waals surface area contributed by atoms with Gasteiger partial charge >= 0.3 is 0 Å². The molecule has 1 aromatic heterocycles. The lowest BCUT2D eigenvalue weighted by Crippen LogP contribution is -2.39. The van der Waals surface area contributed by atoms with E-state index in [0.717, 1.165) is 50.7 Å². The van der Waals surface area contributed by atoms with Gasteiger partial charge in [0.15, 0.2) is 0 Å². The van der Waals surface area contributed by atoms with Crippen LogP contribution in [0.1, 0.15) is 16.8 Å². The number of aromatic amines is 1. The van der Waals surface area contributed by atoms with Crippen molar-refractivity contribution in [1.82, 2.24) is 14.9 Å². The minimum Gasteiger partial charge on any atom is -0.379 e. The number of ether oxygens (including phenoxy) is 1.